The van der Waals surface area contributed by atoms with E-state index in [9.17, 15) is 4.79 Å². The zero-order valence-corrected chi connectivity index (χ0v) is 22.5. The Labute approximate surface area is 219 Å². The molecule has 35 heavy (non-hydrogen) atoms. The quantitative estimate of drug-likeness (QED) is 0.252. The second-order valence-corrected chi connectivity index (χ2v) is 13.0. The number of piperidine rings is 1. The number of alkyl halides is 2. The number of amides is 1. The van der Waals surface area contributed by atoms with Crippen molar-refractivity contribution in [2.75, 3.05) is 61.7 Å². The first kappa shape index (κ1) is 23.3. The molecule has 1 amide bonds. The van der Waals surface area contributed by atoms with Crippen molar-refractivity contribution in [3.8, 4) is 5.75 Å². The van der Waals surface area contributed by atoms with Gasteiger partial charge in [-0.05, 0) is 12.8 Å². The second kappa shape index (κ2) is 10.5. The van der Waals surface area contributed by atoms with E-state index in [4.69, 9.17) is 4.74 Å². The molecule has 0 aliphatic carbocycles. The van der Waals surface area contributed by atoms with E-state index in [0.29, 0.717) is 39.4 Å². The van der Waals surface area contributed by atoms with Crippen molar-refractivity contribution in [1.82, 2.24) is 28.5 Å². The predicted octanol–water partition coefficient (Wildman–Crippen LogP) is -0.935. The number of benzene rings is 1. The van der Waals surface area contributed by atoms with Crippen LogP contribution in [0.3, 0.4) is 0 Å². The number of piperazine rings is 1. The summed E-state index contributed by atoms with van der Waals surface area (Å²) in [7, 11) is 0. The van der Waals surface area contributed by atoms with Crippen molar-refractivity contribution in [2.45, 2.75) is 16.8 Å². The zero-order chi connectivity index (χ0) is 23.6. The molecule has 3 aliphatic heterocycles. The zero-order valence-electron chi connectivity index (χ0n) is 19.6. The molecule has 3 aromatic rings. The summed E-state index contributed by atoms with van der Waals surface area (Å²) < 4.78 is 16.9. The van der Waals surface area contributed by atoms with E-state index < -0.39 is 0 Å². The van der Waals surface area contributed by atoms with Crippen molar-refractivity contribution in [1.29, 1.82) is 0 Å². The summed E-state index contributed by atoms with van der Waals surface area (Å²) in [6.45, 7) is 6.62. The van der Waals surface area contributed by atoms with E-state index in [1.807, 2.05) is 0 Å². The Morgan fingerprint density at radius 1 is 1.03 bits per heavy atom. The Hall–Kier alpha value is -2.12. The normalized spacial score (nSPS) is 21.7. The van der Waals surface area contributed by atoms with Crippen LogP contribution in [0.2, 0.25) is 0 Å². The Morgan fingerprint density at radius 2 is 1.80 bits per heavy atom. The molecule has 0 saturated carbocycles. The van der Waals surface area contributed by atoms with Crippen molar-refractivity contribution in [3.63, 3.8) is 0 Å². The minimum absolute atomic E-state index is 0.0905. The topological polar surface area (TPSA) is 87.6 Å². The first-order chi connectivity index (χ1) is 17.2. The number of carbonyl (C=O) groups excluding carboxylic acids is 1. The molecule has 1 unspecified atom stereocenters. The van der Waals surface area contributed by atoms with Crippen molar-refractivity contribution in [3.05, 3.63) is 36.2 Å². The van der Waals surface area contributed by atoms with Gasteiger partial charge >= 0.3 is 119 Å². The van der Waals surface area contributed by atoms with Crippen LogP contribution in [-0.4, -0.2) is 91.3 Å². The molecule has 186 valence electrons. The minimum atomic E-state index is 0.0905. The van der Waals surface area contributed by atoms with Crippen LogP contribution in [0.25, 0.3) is 11.2 Å². The second-order valence-electron chi connectivity index (χ2n) is 9.26. The predicted molar refractivity (Wildman–Crippen MR) is 131 cm³/mol. The van der Waals surface area contributed by atoms with Crippen LogP contribution in [0.1, 0.15) is 22.3 Å². The van der Waals surface area contributed by atoms with Gasteiger partial charge in [0.05, 0.1) is 11.7 Å². The van der Waals surface area contributed by atoms with Gasteiger partial charge in [0.15, 0.2) is 17.0 Å². The van der Waals surface area contributed by atoms with Gasteiger partial charge in [0.2, 0.25) is 5.91 Å². The van der Waals surface area contributed by atoms with Crippen LogP contribution in [0.4, 0.5) is 5.82 Å². The van der Waals surface area contributed by atoms with Gasteiger partial charge in [-0.15, -0.1) is 0 Å². The Morgan fingerprint density at radius 3 is 2.54 bits per heavy atom. The van der Waals surface area contributed by atoms with E-state index in [1.54, 1.807) is 6.33 Å². The molecule has 5 heterocycles. The molecule has 3 saturated heterocycles. The Bertz CT molecular complexity index is 1160. The summed E-state index contributed by atoms with van der Waals surface area (Å²) in [5, 5.41) is 0. The summed E-state index contributed by atoms with van der Waals surface area (Å²) in [6.07, 6.45) is 3.24. The molecule has 11 heteroatoms. The molecule has 0 spiro atoms. The fourth-order valence-corrected chi connectivity index (χ4v) is 7.10. The fourth-order valence-electron chi connectivity index (χ4n) is 4.92. The van der Waals surface area contributed by atoms with Gasteiger partial charge in [-0.2, -0.15) is 8.75 Å². The number of ether oxygens (including phenoxy) is 1. The molecule has 0 N–H and O–H groups in total. The van der Waals surface area contributed by atoms with E-state index in [-0.39, 0.29) is 5.92 Å². The third kappa shape index (κ3) is 5.36. The van der Waals surface area contributed by atoms with E-state index >= 15 is 0 Å². The van der Waals surface area contributed by atoms with Gasteiger partial charge < -0.3 is 4.90 Å². The van der Waals surface area contributed by atoms with E-state index in [0.717, 1.165) is 91.4 Å². The molecule has 0 bridgehead atoms. The van der Waals surface area contributed by atoms with Crippen LogP contribution in [0.15, 0.2) is 30.6 Å². The van der Waals surface area contributed by atoms with Crippen LogP contribution in [0, 0.1) is 5.92 Å². The standard InChI is InChI=1S/C24H29IN7O2S/c33-24(18-5-7-31(8-6-18)23-21-22(26-16-27-23)29-35-28-21)32-11-9-30(10-12-32)13-14-34-19-3-1-17(2-4-19)20-15-25-20/h1-4,16,18,20H,5-15H2/q-1. The number of carbonyl (C=O) groups is 1. The van der Waals surface area contributed by atoms with E-state index in [2.05, 4.69) is 57.7 Å². The van der Waals surface area contributed by atoms with Crippen LogP contribution in [-0.2, 0) is 4.79 Å². The van der Waals surface area contributed by atoms with E-state index in [1.165, 1.54) is 9.99 Å². The molecule has 2 aromatic heterocycles. The molecular weight excluding hydrogens is 577 g/mol. The number of fused-ring (bicyclic) bond motifs is 1. The number of hydrogen-bond donors (Lipinski definition) is 0. The SMILES string of the molecule is O=C(C1CCN(c2ncnc3nsnc23)CC1)N1CCN(CCOc2ccc(C3C[I-]3)cc2)CC1. The van der Waals surface area contributed by atoms with Crippen molar-refractivity contribution >= 4 is 34.6 Å². The average Bonchev–Trinajstić information content (AvgIpc) is 3.65. The van der Waals surface area contributed by atoms with Gasteiger partial charge in [0.1, 0.15) is 6.33 Å². The Balaban J connectivity index is 0.929. The number of anilines is 1. The molecule has 3 fully saturated rings. The van der Waals surface area contributed by atoms with Crippen molar-refractivity contribution in [2.24, 2.45) is 5.92 Å². The van der Waals surface area contributed by atoms with Gasteiger partial charge in [-0.1, -0.05) is 0 Å². The molecule has 1 aromatic carbocycles. The maximum atomic E-state index is 13.2. The van der Waals surface area contributed by atoms with Gasteiger partial charge in [0, 0.05) is 19.0 Å². The maximum absolute atomic E-state index is 13.2. The summed E-state index contributed by atoms with van der Waals surface area (Å²) in [6, 6.07) is 8.68. The van der Waals surface area contributed by atoms with Crippen LogP contribution < -0.4 is 30.8 Å². The number of hydrogen-bond acceptors (Lipinski definition) is 9. The molecule has 1 atom stereocenters. The molecule has 9 nitrogen and oxygen atoms in total. The first-order valence-electron chi connectivity index (χ1n) is 12.2. The van der Waals surface area contributed by atoms with Crippen LogP contribution in [0.5, 0.6) is 5.75 Å². The van der Waals surface area contributed by atoms with Crippen LogP contribution >= 0.6 is 11.7 Å². The monoisotopic (exact) mass is 606 g/mol. The summed E-state index contributed by atoms with van der Waals surface area (Å²) in [4.78, 5) is 28.5. The summed E-state index contributed by atoms with van der Waals surface area (Å²) in [5.74, 6) is 2.20. The molecule has 0 radical (unpaired) electrons. The number of nitrogens with zero attached hydrogens (tertiary/aromatic N) is 7. The molecule has 6 rings (SSSR count). The average molecular weight is 607 g/mol. The number of aromatic nitrogens is 4. The Kier molecular flexibility index (Phi) is 6.97. The first-order valence-corrected chi connectivity index (χ1v) is 15.7. The number of rotatable bonds is 7. The van der Waals surface area contributed by atoms with Gasteiger partial charge in [0.25, 0.3) is 0 Å². The molecule has 3 aliphatic rings. The molecular formula is C24H29IN7O2S-. The third-order valence-corrected chi connectivity index (χ3v) is 10.1. The summed E-state index contributed by atoms with van der Waals surface area (Å²) in [5.41, 5.74) is 2.90. The third-order valence-electron chi connectivity index (χ3n) is 7.10. The van der Waals surface area contributed by atoms with Gasteiger partial charge in [-0.25, -0.2) is 9.97 Å². The fraction of sp³-hybridized carbons (Fsp3) is 0.542. The summed E-state index contributed by atoms with van der Waals surface area (Å²) >= 11 is 1.61. The van der Waals surface area contributed by atoms with Crippen molar-refractivity contribution < 1.29 is 30.7 Å². The van der Waals surface area contributed by atoms with Gasteiger partial charge in [-0.3, -0.25) is 4.79 Å². The number of halogens is 1.